The third-order valence-electron chi connectivity index (χ3n) is 3.14. The number of hydrogen-bond acceptors (Lipinski definition) is 4. The molecule has 0 amide bonds. The number of esters is 1. The van der Waals surface area contributed by atoms with Crippen molar-refractivity contribution in [3.05, 3.63) is 29.5 Å². The summed E-state index contributed by atoms with van der Waals surface area (Å²) in [6.07, 6.45) is 3.70. The minimum atomic E-state index is -0.357. The summed E-state index contributed by atoms with van der Waals surface area (Å²) < 4.78 is 15.7. The second-order valence-electron chi connectivity index (χ2n) is 4.39. The summed E-state index contributed by atoms with van der Waals surface area (Å²) in [7, 11) is 3.14. The van der Waals surface area contributed by atoms with Crippen LogP contribution in [0.25, 0.3) is 17.0 Å². The first-order valence-corrected chi connectivity index (χ1v) is 6.73. The number of allylic oxidation sites excluding steroid dienone is 1. The minimum absolute atomic E-state index is 0.327. The lowest BCUT2D eigenvalue weighted by atomic mass is 10.1. The van der Waals surface area contributed by atoms with E-state index in [1.165, 1.54) is 0 Å². The molecule has 2 aromatic rings. The normalized spacial score (nSPS) is 11.0. The van der Waals surface area contributed by atoms with E-state index in [0.29, 0.717) is 29.4 Å². The quantitative estimate of drug-likeness (QED) is 0.857. The highest BCUT2D eigenvalue weighted by molar-refractivity contribution is 6.08. The highest BCUT2D eigenvalue weighted by Gasteiger charge is 2.20. The SMILES string of the molecule is C/C=C/c1[nH]c2cc(OC)c(OC)cc2c1C(=O)OCC. The van der Waals surface area contributed by atoms with E-state index in [1.807, 2.05) is 25.1 Å². The van der Waals surface area contributed by atoms with E-state index in [4.69, 9.17) is 14.2 Å². The van der Waals surface area contributed by atoms with Gasteiger partial charge in [-0.2, -0.15) is 0 Å². The van der Waals surface area contributed by atoms with E-state index in [-0.39, 0.29) is 5.97 Å². The molecule has 0 aliphatic rings. The van der Waals surface area contributed by atoms with Crippen molar-refractivity contribution in [3.8, 4) is 11.5 Å². The fourth-order valence-corrected chi connectivity index (χ4v) is 2.26. The summed E-state index contributed by atoms with van der Waals surface area (Å²) in [6, 6.07) is 3.59. The lowest BCUT2D eigenvalue weighted by Crippen LogP contribution is -2.05. The summed E-state index contributed by atoms with van der Waals surface area (Å²) in [6.45, 7) is 4.00. The summed E-state index contributed by atoms with van der Waals surface area (Å²) in [5, 5.41) is 0.749. The second kappa shape index (κ2) is 6.35. The maximum Gasteiger partial charge on any atom is 0.340 e. The maximum atomic E-state index is 12.2. The van der Waals surface area contributed by atoms with Crippen LogP contribution in [0.1, 0.15) is 29.9 Å². The Bertz CT molecular complexity index is 685. The number of rotatable bonds is 5. The molecule has 112 valence electrons. The number of benzene rings is 1. The van der Waals surface area contributed by atoms with Crippen molar-refractivity contribution in [2.45, 2.75) is 13.8 Å². The van der Waals surface area contributed by atoms with E-state index in [0.717, 1.165) is 10.9 Å². The largest absolute Gasteiger partial charge is 0.493 e. The van der Waals surface area contributed by atoms with Gasteiger partial charge in [0, 0.05) is 11.5 Å². The molecule has 5 nitrogen and oxygen atoms in total. The Morgan fingerprint density at radius 3 is 2.48 bits per heavy atom. The molecule has 0 unspecified atom stereocenters. The Kier molecular flexibility index (Phi) is 4.52. The first-order valence-electron chi connectivity index (χ1n) is 6.73. The second-order valence-corrected chi connectivity index (χ2v) is 4.39. The van der Waals surface area contributed by atoms with Crippen LogP contribution in [0, 0.1) is 0 Å². The van der Waals surface area contributed by atoms with E-state index >= 15 is 0 Å². The van der Waals surface area contributed by atoms with E-state index in [2.05, 4.69) is 4.98 Å². The molecule has 0 aliphatic carbocycles. The van der Waals surface area contributed by atoms with Crippen LogP contribution in [0.5, 0.6) is 11.5 Å². The summed E-state index contributed by atoms with van der Waals surface area (Å²) in [4.78, 5) is 15.4. The lowest BCUT2D eigenvalue weighted by Gasteiger charge is -2.08. The Balaban J connectivity index is 2.72. The Labute approximate surface area is 123 Å². The standard InChI is InChI=1S/C16H19NO4/c1-5-7-11-15(16(18)21-6-2)10-8-13(19-3)14(20-4)9-12(10)17-11/h5,7-9,17H,6H2,1-4H3/b7-5+. The summed E-state index contributed by atoms with van der Waals surface area (Å²) in [5.41, 5.74) is 2.01. The number of hydrogen-bond donors (Lipinski definition) is 1. The van der Waals surface area contributed by atoms with Crippen molar-refractivity contribution in [3.63, 3.8) is 0 Å². The van der Waals surface area contributed by atoms with Crippen molar-refractivity contribution < 1.29 is 19.0 Å². The molecule has 1 aromatic carbocycles. The number of nitrogens with one attached hydrogen (secondary N) is 1. The van der Waals surface area contributed by atoms with Crippen LogP contribution >= 0.6 is 0 Å². The van der Waals surface area contributed by atoms with Gasteiger partial charge in [-0.3, -0.25) is 0 Å². The van der Waals surface area contributed by atoms with Crippen molar-refractivity contribution in [1.82, 2.24) is 4.98 Å². The summed E-state index contributed by atoms with van der Waals surface area (Å²) in [5.74, 6) is 0.819. The molecular formula is C16H19NO4. The van der Waals surface area contributed by atoms with Crippen molar-refractivity contribution >= 4 is 22.9 Å². The van der Waals surface area contributed by atoms with Gasteiger partial charge < -0.3 is 19.2 Å². The molecule has 0 fully saturated rings. The molecular weight excluding hydrogens is 270 g/mol. The van der Waals surface area contributed by atoms with Gasteiger partial charge in [-0.15, -0.1) is 0 Å². The molecule has 0 saturated heterocycles. The minimum Gasteiger partial charge on any atom is -0.493 e. The number of aromatic nitrogens is 1. The Hall–Kier alpha value is -2.43. The molecule has 1 N–H and O–H groups in total. The molecule has 2 rings (SSSR count). The molecule has 0 saturated carbocycles. The Morgan fingerprint density at radius 2 is 1.90 bits per heavy atom. The molecule has 0 spiro atoms. The van der Waals surface area contributed by atoms with Crippen LogP contribution in [0.2, 0.25) is 0 Å². The van der Waals surface area contributed by atoms with Gasteiger partial charge in [-0.05, 0) is 26.0 Å². The highest BCUT2D eigenvalue weighted by Crippen LogP contribution is 2.35. The first kappa shape index (κ1) is 15.0. The molecule has 21 heavy (non-hydrogen) atoms. The van der Waals surface area contributed by atoms with Crippen molar-refractivity contribution in [2.24, 2.45) is 0 Å². The van der Waals surface area contributed by atoms with Crippen LogP contribution in [0.4, 0.5) is 0 Å². The van der Waals surface area contributed by atoms with E-state index < -0.39 is 0 Å². The van der Waals surface area contributed by atoms with Gasteiger partial charge in [-0.25, -0.2) is 4.79 Å². The molecule has 0 radical (unpaired) electrons. The van der Waals surface area contributed by atoms with Gasteiger partial charge in [0.15, 0.2) is 11.5 Å². The fraction of sp³-hybridized carbons (Fsp3) is 0.312. The highest BCUT2D eigenvalue weighted by atomic mass is 16.5. The number of fused-ring (bicyclic) bond motifs is 1. The van der Waals surface area contributed by atoms with Crippen LogP contribution in [0.15, 0.2) is 18.2 Å². The predicted molar refractivity (Wildman–Crippen MR) is 82.1 cm³/mol. The van der Waals surface area contributed by atoms with Gasteiger partial charge in [0.05, 0.1) is 37.6 Å². The topological polar surface area (TPSA) is 60.5 Å². The number of carbonyl (C=O) groups is 1. The number of methoxy groups -OCH3 is 2. The number of H-pyrrole nitrogens is 1. The fourth-order valence-electron chi connectivity index (χ4n) is 2.26. The van der Waals surface area contributed by atoms with E-state index in [9.17, 15) is 4.79 Å². The summed E-state index contributed by atoms with van der Waals surface area (Å²) >= 11 is 0. The third-order valence-corrected chi connectivity index (χ3v) is 3.14. The van der Waals surface area contributed by atoms with Crippen LogP contribution < -0.4 is 9.47 Å². The van der Waals surface area contributed by atoms with Gasteiger partial charge in [0.2, 0.25) is 0 Å². The monoisotopic (exact) mass is 289 g/mol. The zero-order valence-electron chi connectivity index (χ0n) is 12.6. The zero-order chi connectivity index (χ0) is 15.4. The predicted octanol–water partition coefficient (Wildman–Crippen LogP) is 3.39. The van der Waals surface area contributed by atoms with Crippen LogP contribution in [0.3, 0.4) is 0 Å². The van der Waals surface area contributed by atoms with Crippen molar-refractivity contribution in [1.29, 1.82) is 0 Å². The molecule has 0 atom stereocenters. The molecule has 0 aliphatic heterocycles. The maximum absolute atomic E-state index is 12.2. The van der Waals surface area contributed by atoms with Crippen LogP contribution in [-0.4, -0.2) is 31.8 Å². The molecule has 1 heterocycles. The number of carbonyl (C=O) groups excluding carboxylic acids is 1. The van der Waals surface area contributed by atoms with E-state index in [1.54, 1.807) is 27.2 Å². The molecule has 0 bridgehead atoms. The number of aromatic amines is 1. The number of ether oxygens (including phenoxy) is 3. The first-order chi connectivity index (χ1) is 10.2. The lowest BCUT2D eigenvalue weighted by molar-refractivity contribution is 0.0528. The van der Waals surface area contributed by atoms with Crippen LogP contribution in [-0.2, 0) is 4.74 Å². The molecule has 1 aromatic heterocycles. The average Bonchev–Trinajstić information content (AvgIpc) is 2.83. The van der Waals surface area contributed by atoms with Gasteiger partial charge in [-0.1, -0.05) is 6.08 Å². The smallest absolute Gasteiger partial charge is 0.340 e. The van der Waals surface area contributed by atoms with Crippen molar-refractivity contribution in [2.75, 3.05) is 20.8 Å². The zero-order valence-corrected chi connectivity index (χ0v) is 12.6. The van der Waals surface area contributed by atoms with Gasteiger partial charge in [0.1, 0.15) is 0 Å². The average molecular weight is 289 g/mol. The Morgan fingerprint density at radius 1 is 1.24 bits per heavy atom. The van der Waals surface area contributed by atoms with Gasteiger partial charge in [0.25, 0.3) is 0 Å². The van der Waals surface area contributed by atoms with Gasteiger partial charge >= 0.3 is 5.97 Å². The molecule has 5 heteroatoms. The third kappa shape index (κ3) is 2.72.